The smallest absolute Gasteiger partial charge is 0.0654 e. The molecule has 0 aromatic heterocycles. The Labute approximate surface area is 129 Å². The fourth-order valence-electron chi connectivity index (χ4n) is 3.87. The highest BCUT2D eigenvalue weighted by Crippen LogP contribution is 2.47. The Hall–Kier alpha value is -0.860. The molecule has 21 heavy (non-hydrogen) atoms. The maximum Gasteiger partial charge on any atom is 0.0654 e. The van der Waals surface area contributed by atoms with E-state index < -0.39 is 0 Å². The predicted molar refractivity (Wildman–Crippen MR) is 89.5 cm³/mol. The lowest BCUT2D eigenvalue weighted by atomic mass is 9.73. The van der Waals surface area contributed by atoms with Gasteiger partial charge in [0.2, 0.25) is 0 Å². The summed E-state index contributed by atoms with van der Waals surface area (Å²) in [6, 6.07) is 8.65. The van der Waals surface area contributed by atoms with Crippen molar-refractivity contribution >= 4 is 0 Å². The highest BCUT2D eigenvalue weighted by atomic mass is 16.3. The molecule has 0 bridgehead atoms. The summed E-state index contributed by atoms with van der Waals surface area (Å²) in [6.45, 7) is 9.47. The molecule has 2 nitrogen and oxygen atoms in total. The summed E-state index contributed by atoms with van der Waals surface area (Å²) in [7, 11) is 0. The molecule has 0 radical (unpaired) electrons. The van der Waals surface area contributed by atoms with Crippen LogP contribution < -0.4 is 5.73 Å². The second kappa shape index (κ2) is 6.50. The summed E-state index contributed by atoms with van der Waals surface area (Å²) in [5, 5.41) is 10.9. The Balaban J connectivity index is 2.18. The van der Waals surface area contributed by atoms with Gasteiger partial charge in [0.15, 0.2) is 0 Å². The third-order valence-corrected chi connectivity index (χ3v) is 5.45. The number of hydrogen-bond donors (Lipinski definition) is 2. The maximum absolute atomic E-state index is 10.9. The van der Waals surface area contributed by atoms with Crippen molar-refractivity contribution in [2.45, 2.75) is 64.9 Å². The molecule has 118 valence electrons. The minimum absolute atomic E-state index is 0.0496. The quantitative estimate of drug-likeness (QED) is 0.859. The molecule has 3 N–H and O–H groups in total. The highest BCUT2D eigenvalue weighted by Gasteiger charge is 2.41. The van der Waals surface area contributed by atoms with Gasteiger partial charge >= 0.3 is 0 Å². The van der Waals surface area contributed by atoms with Crippen molar-refractivity contribution in [2.24, 2.45) is 17.1 Å². The molecule has 1 saturated carbocycles. The van der Waals surface area contributed by atoms with Gasteiger partial charge in [0, 0.05) is 12.5 Å². The molecule has 1 aromatic rings. The van der Waals surface area contributed by atoms with Crippen LogP contribution in [0.4, 0.5) is 0 Å². The summed E-state index contributed by atoms with van der Waals surface area (Å²) in [5.74, 6) is 0.943. The molecule has 3 atom stereocenters. The molecule has 0 amide bonds. The number of aliphatic hydroxyl groups is 1. The molecule has 3 unspecified atom stereocenters. The van der Waals surface area contributed by atoms with Gasteiger partial charge in [-0.3, -0.25) is 0 Å². The van der Waals surface area contributed by atoms with Crippen molar-refractivity contribution in [3.8, 4) is 0 Å². The lowest BCUT2D eigenvalue weighted by Gasteiger charge is -2.35. The van der Waals surface area contributed by atoms with Gasteiger partial charge in [0.1, 0.15) is 0 Å². The highest BCUT2D eigenvalue weighted by molar-refractivity contribution is 5.28. The summed E-state index contributed by atoms with van der Waals surface area (Å²) in [6.07, 6.45) is 3.21. The van der Waals surface area contributed by atoms with E-state index in [1.165, 1.54) is 24.0 Å². The van der Waals surface area contributed by atoms with E-state index >= 15 is 0 Å². The van der Waals surface area contributed by atoms with E-state index in [2.05, 4.69) is 52.0 Å². The molecule has 1 aliphatic carbocycles. The van der Waals surface area contributed by atoms with E-state index in [-0.39, 0.29) is 17.4 Å². The minimum Gasteiger partial charge on any atom is -0.392 e. The number of rotatable bonds is 5. The van der Waals surface area contributed by atoms with Crippen LogP contribution in [-0.4, -0.2) is 17.8 Å². The lowest BCUT2D eigenvalue weighted by Crippen LogP contribution is -2.37. The second-order valence-electron chi connectivity index (χ2n) is 7.64. The van der Waals surface area contributed by atoms with Crippen LogP contribution in [0.2, 0.25) is 0 Å². The van der Waals surface area contributed by atoms with Crippen LogP contribution in [0.25, 0.3) is 0 Å². The minimum atomic E-state index is -0.336. The van der Waals surface area contributed by atoms with Crippen LogP contribution in [0.3, 0.4) is 0 Å². The van der Waals surface area contributed by atoms with Crippen molar-refractivity contribution in [2.75, 3.05) is 6.54 Å². The zero-order chi connectivity index (χ0) is 15.6. The standard InChI is InChI=1S/C19H31NO/c1-13(2)14-7-9-15(10-8-14)16(12-20)18(21)17-6-5-11-19(17,3)4/h7-10,13,16-18,21H,5-6,11-12,20H2,1-4H3. The van der Waals surface area contributed by atoms with Crippen LogP contribution in [-0.2, 0) is 0 Å². The topological polar surface area (TPSA) is 46.2 Å². The Morgan fingerprint density at radius 3 is 2.19 bits per heavy atom. The Bertz CT molecular complexity index is 449. The van der Waals surface area contributed by atoms with Gasteiger partial charge in [0.25, 0.3) is 0 Å². The maximum atomic E-state index is 10.9. The van der Waals surface area contributed by atoms with Crippen LogP contribution >= 0.6 is 0 Å². The molecule has 0 heterocycles. The van der Waals surface area contributed by atoms with Gasteiger partial charge in [-0.2, -0.15) is 0 Å². The van der Waals surface area contributed by atoms with Crippen molar-refractivity contribution in [3.63, 3.8) is 0 Å². The molecule has 2 rings (SSSR count). The Morgan fingerprint density at radius 2 is 1.76 bits per heavy atom. The van der Waals surface area contributed by atoms with Crippen LogP contribution in [0, 0.1) is 11.3 Å². The Kier molecular flexibility index (Phi) is 5.11. The average Bonchev–Trinajstić information content (AvgIpc) is 2.79. The first-order valence-corrected chi connectivity index (χ1v) is 8.35. The number of benzene rings is 1. The third-order valence-electron chi connectivity index (χ3n) is 5.45. The monoisotopic (exact) mass is 289 g/mol. The van der Waals surface area contributed by atoms with Gasteiger partial charge in [-0.15, -0.1) is 0 Å². The van der Waals surface area contributed by atoms with Crippen LogP contribution in [0.15, 0.2) is 24.3 Å². The predicted octanol–water partition coefficient (Wildman–Crippen LogP) is 4.04. The van der Waals surface area contributed by atoms with Crippen molar-refractivity contribution in [1.82, 2.24) is 0 Å². The summed E-state index contributed by atoms with van der Waals surface area (Å²) in [5.41, 5.74) is 8.74. The van der Waals surface area contributed by atoms with Gasteiger partial charge < -0.3 is 10.8 Å². The van der Waals surface area contributed by atoms with Gasteiger partial charge in [-0.1, -0.05) is 58.4 Å². The first-order valence-electron chi connectivity index (χ1n) is 8.35. The van der Waals surface area contributed by atoms with E-state index in [1.54, 1.807) is 0 Å². The average molecular weight is 289 g/mol. The molecule has 2 heteroatoms. The molecule has 0 spiro atoms. The van der Waals surface area contributed by atoms with E-state index in [1.807, 2.05) is 0 Å². The zero-order valence-corrected chi connectivity index (χ0v) is 14.0. The molecule has 1 aliphatic rings. The number of nitrogens with two attached hydrogens (primary N) is 1. The largest absolute Gasteiger partial charge is 0.392 e. The van der Waals surface area contributed by atoms with E-state index in [0.717, 1.165) is 6.42 Å². The van der Waals surface area contributed by atoms with Gasteiger partial charge in [-0.25, -0.2) is 0 Å². The van der Waals surface area contributed by atoms with E-state index in [0.29, 0.717) is 18.4 Å². The van der Waals surface area contributed by atoms with E-state index in [9.17, 15) is 5.11 Å². The second-order valence-corrected chi connectivity index (χ2v) is 7.64. The SMILES string of the molecule is CC(C)c1ccc(C(CN)C(O)C2CCCC2(C)C)cc1. The summed E-state index contributed by atoms with van der Waals surface area (Å²) >= 11 is 0. The number of hydrogen-bond acceptors (Lipinski definition) is 2. The van der Waals surface area contributed by atoms with Crippen LogP contribution in [0.5, 0.6) is 0 Å². The zero-order valence-electron chi connectivity index (χ0n) is 14.0. The molecule has 0 saturated heterocycles. The van der Waals surface area contributed by atoms with Gasteiger partial charge in [-0.05, 0) is 41.2 Å². The van der Waals surface area contributed by atoms with Crippen molar-refractivity contribution in [1.29, 1.82) is 0 Å². The summed E-state index contributed by atoms with van der Waals surface area (Å²) in [4.78, 5) is 0. The van der Waals surface area contributed by atoms with Crippen LogP contribution in [0.1, 0.15) is 69.9 Å². The Morgan fingerprint density at radius 1 is 1.19 bits per heavy atom. The van der Waals surface area contributed by atoms with Crippen molar-refractivity contribution < 1.29 is 5.11 Å². The first kappa shape index (κ1) is 16.5. The molecule has 1 fully saturated rings. The van der Waals surface area contributed by atoms with Gasteiger partial charge in [0.05, 0.1) is 6.10 Å². The molecule has 1 aromatic carbocycles. The first-order chi connectivity index (χ1) is 9.86. The fourth-order valence-corrected chi connectivity index (χ4v) is 3.87. The van der Waals surface area contributed by atoms with Crippen molar-refractivity contribution in [3.05, 3.63) is 35.4 Å². The normalized spacial score (nSPS) is 24.2. The fraction of sp³-hybridized carbons (Fsp3) is 0.684. The third kappa shape index (κ3) is 3.49. The molecular weight excluding hydrogens is 258 g/mol. The van der Waals surface area contributed by atoms with E-state index in [4.69, 9.17) is 5.73 Å². The summed E-state index contributed by atoms with van der Waals surface area (Å²) < 4.78 is 0. The molecular formula is C19H31NO. The lowest BCUT2D eigenvalue weighted by molar-refractivity contribution is 0.0346. The number of aliphatic hydroxyl groups excluding tert-OH is 1. The molecule has 0 aliphatic heterocycles.